The molecule has 0 saturated heterocycles. The summed E-state index contributed by atoms with van der Waals surface area (Å²) in [5.74, 6) is -0.499. The quantitative estimate of drug-likeness (QED) is 0.661. The van der Waals surface area contributed by atoms with Crippen LogP contribution >= 0.6 is 11.6 Å². The second kappa shape index (κ2) is 5.92. The maximum Gasteiger partial charge on any atom is 0.335 e. The first-order chi connectivity index (χ1) is 9.15. The molecule has 0 fully saturated rings. The molecule has 0 amide bonds. The van der Waals surface area contributed by atoms with E-state index in [4.69, 9.17) is 16.7 Å². The number of benzene rings is 1. The van der Waals surface area contributed by atoms with Crippen molar-refractivity contribution in [3.8, 4) is 0 Å². The van der Waals surface area contributed by atoms with Gasteiger partial charge < -0.3 is 5.11 Å². The van der Waals surface area contributed by atoms with Crippen molar-refractivity contribution in [2.45, 2.75) is 0 Å². The Balaban J connectivity index is 1.98. The largest absolute Gasteiger partial charge is 0.478 e. The van der Waals surface area contributed by atoms with Crippen LogP contribution in [0.25, 0.3) is 0 Å². The number of carboxylic acids is 1. The lowest BCUT2D eigenvalue weighted by Crippen LogP contribution is -1.97. The highest BCUT2D eigenvalue weighted by atomic mass is 35.5. The Morgan fingerprint density at radius 1 is 1.21 bits per heavy atom. The van der Waals surface area contributed by atoms with E-state index in [-0.39, 0.29) is 5.56 Å². The van der Waals surface area contributed by atoms with E-state index >= 15 is 0 Å². The number of rotatable bonds is 4. The number of hydrogen-bond donors (Lipinski definition) is 2. The Labute approximate surface area is 113 Å². The van der Waals surface area contributed by atoms with Crippen LogP contribution in [0.3, 0.4) is 0 Å². The third kappa shape index (κ3) is 3.75. The number of hydrogen-bond acceptors (Lipinski definition) is 5. The summed E-state index contributed by atoms with van der Waals surface area (Å²) >= 11 is 5.59. The van der Waals surface area contributed by atoms with Gasteiger partial charge in [0, 0.05) is 0 Å². The molecular formula is C12H9ClN4O2. The van der Waals surface area contributed by atoms with Crippen molar-refractivity contribution in [2.24, 2.45) is 5.10 Å². The Bertz CT molecular complexity index is 596. The van der Waals surface area contributed by atoms with E-state index in [9.17, 15) is 4.79 Å². The third-order valence-corrected chi connectivity index (χ3v) is 2.38. The summed E-state index contributed by atoms with van der Waals surface area (Å²) in [7, 11) is 0. The van der Waals surface area contributed by atoms with E-state index in [0.29, 0.717) is 11.0 Å². The second-order valence-electron chi connectivity index (χ2n) is 3.54. The van der Waals surface area contributed by atoms with Gasteiger partial charge in [-0.05, 0) is 29.8 Å². The van der Waals surface area contributed by atoms with Gasteiger partial charge in [-0.2, -0.15) is 5.10 Å². The highest BCUT2D eigenvalue weighted by molar-refractivity contribution is 6.29. The van der Waals surface area contributed by atoms with Crippen LogP contribution in [-0.2, 0) is 0 Å². The summed E-state index contributed by atoms with van der Waals surface area (Å²) in [6, 6.07) is 9.55. The van der Waals surface area contributed by atoms with E-state index in [1.807, 2.05) is 0 Å². The molecule has 2 rings (SSSR count). The molecule has 1 aromatic carbocycles. The van der Waals surface area contributed by atoms with Gasteiger partial charge in [0.2, 0.25) is 0 Å². The molecule has 0 atom stereocenters. The Hall–Kier alpha value is -2.47. The minimum atomic E-state index is -0.960. The molecule has 0 bridgehead atoms. The van der Waals surface area contributed by atoms with Crippen LogP contribution in [0, 0.1) is 0 Å². The molecule has 0 unspecified atom stereocenters. The molecule has 7 heteroatoms. The van der Waals surface area contributed by atoms with Crippen LogP contribution in [0.1, 0.15) is 15.9 Å². The number of aromatic nitrogens is 2. The van der Waals surface area contributed by atoms with E-state index < -0.39 is 5.97 Å². The van der Waals surface area contributed by atoms with Crippen LogP contribution in [0.5, 0.6) is 0 Å². The topological polar surface area (TPSA) is 87.5 Å². The minimum Gasteiger partial charge on any atom is -0.478 e. The number of anilines is 1. The van der Waals surface area contributed by atoms with Crippen LogP contribution in [0.4, 0.5) is 5.82 Å². The zero-order chi connectivity index (χ0) is 13.7. The monoisotopic (exact) mass is 276 g/mol. The van der Waals surface area contributed by atoms with E-state index in [2.05, 4.69) is 20.7 Å². The van der Waals surface area contributed by atoms with Gasteiger partial charge in [-0.15, -0.1) is 10.2 Å². The molecule has 0 aliphatic heterocycles. The standard InChI is InChI=1S/C12H9ClN4O2/c13-10-5-6-11(17-15-10)16-14-7-8-1-3-9(4-2-8)12(18)19/h1-7H,(H,16,17)(H,18,19). The maximum absolute atomic E-state index is 10.7. The van der Waals surface area contributed by atoms with Gasteiger partial charge in [0.1, 0.15) is 0 Å². The fourth-order valence-electron chi connectivity index (χ4n) is 1.26. The average Bonchev–Trinajstić information content (AvgIpc) is 2.41. The molecule has 0 saturated carbocycles. The minimum absolute atomic E-state index is 0.230. The smallest absolute Gasteiger partial charge is 0.335 e. The summed E-state index contributed by atoms with van der Waals surface area (Å²) < 4.78 is 0. The van der Waals surface area contributed by atoms with Gasteiger partial charge in [-0.3, -0.25) is 5.43 Å². The normalized spacial score (nSPS) is 10.6. The fraction of sp³-hybridized carbons (Fsp3) is 0. The van der Waals surface area contributed by atoms with Crippen molar-refractivity contribution < 1.29 is 9.90 Å². The SMILES string of the molecule is O=C(O)c1ccc(C=NNc2ccc(Cl)nn2)cc1. The first-order valence-corrected chi connectivity index (χ1v) is 5.64. The molecule has 1 aromatic heterocycles. The lowest BCUT2D eigenvalue weighted by Gasteiger charge is -1.98. The number of carbonyl (C=O) groups is 1. The molecular weight excluding hydrogens is 268 g/mol. The molecule has 6 nitrogen and oxygen atoms in total. The molecule has 0 aliphatic carbocycles. The summed E-state index contributed by atoms with van der Waals surface area (Å²) in [5, 5.41) is 20.4. The zero-order valence-corrected chi connectivity index (χ0v) is 10.4. The summed E-state index contributed by atoms with van der Waals surface area (Å²) in [6.07, 6.45) is 1.54. The zero-order valence-electron chi connectivity index (χ0n) is 9.62. The lowest BCUT2D eigenvalue weighted by atomic mass is 10.1. The van der Waals surface area contributed by atoms with Gasteiger partial charge in [0.15, 0.2) is 11.0 Å². The van der Waals surface area contributed by atoms with E-state index in [1.165, 1.54) is 12.1 Å². The third-order valence-electron chi connectivity index (χ3n) is 2.18. The molecule has 0 spiro atoms. The predicted octanol–water partition coefficient (Wildman–Crippen LogP) is 2.27. The molecule has 0 radical (unpaired) electrons. The first kappa shape index (κ1) is 13.0. The van der Waals surface area contributed by atoms with Gasteiger partial charge in [-0.1, -0.05) is 23.7 Å². The average molecular weight is 277 g/mol. The molecule has 0 aliphatic rings. The van der Waals surface area contributed by atoms with Crippen molar-refractivity contribution in [2.75, 3.05) is 5.43 Å². The van der Waals surface area contributed by atoms with Crippen LogP contribution in [-0.4, -0.2) is 27.5 Å². The van der Waals surface area contributed by atoms with E-state index in [0.717, 1.165) is 5.56 Å². The fourth-order valence-corrected chi connectivity index (χ4v) is 1.36. The predicted molar refractivity (Wildman–Crippen MR) is 71.7 cm³/mol. The van der Waals surface area contributed by atoms with Crippen molar-refractivity contribution in [3.63, 3.8) is 0 Å². The molecule has 2 aromatic rings. The molecule has 96 valence electrons. The number of nitrogens with zero attached hydrogens (tertiary/aromatic N) is 3. The highest BCUT2D eigenvalue weighted by Crippen LogP contribution is 2.06. The maximum atomic E-state index is 10.7. The van der Waals surface area contributed by atoms with Crippen molar-refractivity contribution in [3.05, 3.63) is 52.7 Å². The summed E-state index contributed by atoms with van der Waals surface area (Å²) in [5.41, 5.74) is 3.67. The molecule has 2 N–H and O–H groups in total. The Morgan fingerprint density at radius 3 is 2.53 bits per heavy atom. The van der Waals surface area contributed by atoms with Gasteiger partial charge >= 0.3 is 5.97 Å². The Kier molecular flexibility index (Phi) is 4.04. The van der Waals surface area contributed by atoms with Gasteiger partial charge in [0.25, 0.3) is 0 Å². The number of halogens is 1. The van der Waals surface area contributed by atoms with Crippen molar-refractivity contribution in [1.82, 2.24) is 10.2 Å². The number of nitrogens with one attached hydrogen (secondary N) is 1. The second-order valence-corrected chi connectivity index (χ2v) is 3.93. The number of carboxylic acid groups (broad SMARTS) is 1. The van der Waals surface area contributed by atoms with Crippen LogP contribution < -0.4 is 5.43 Å². The molecule has 19 heavy (non-hydrogen) atoms. The number of hydrazone groups is 1. The first-order valence-electron chi connectivity index (χ1n) is 5.27. The van der Waals surface area contributed by atoms with Gasteiger partial charge in [-0.25, -0.2) is 4.79 Å². The van der Waals surface area contributed by atoms with Crippen LogP contribution in [0.15, 0.2) is 41.5 Å². The lowest BCUT2D eigenvalue weighted by molar-refractivity contribution is 0.0697. The molecule has 1 heterocycles. The highest BCUT2D eigenvalue weighted by Gasteiger charge is 2.00. The Morgan fingerprint density at radius 2 is 1.95 bits per heavy atom. The van der Waals surface area contributed by atoms with Crippen molar-refractivity contribution in [1.29, 1.82) is 0 Å². The van der Waals surface area contributed by atoms with Gasteiger partial charge in [0.05, 0.1) is 11.8 Å². The summed E-state index contributed by atoms with van der Waals surface area (Å²) in [4.78, 5) is 10.7. The van der Waals surface area contributed by atoms with Crippen LogP contribution in [0.2, 0.25) is 5.15 Å². The van der Waals surface area contributed by atoms with E-state index in [1.54, 1.807) is 30.5 Å². The number of aromatic carboxylic acids is 1. The van der Waals surface area contributed by atoms with Crippen molar-refractivity contribution >= 4 is 29.6 Å². The summed E-state index contributed by atoms with van der Waals surface area (Å²) in [6.45, 7) is 0.